The molecule has 4 N–H and O–H groups in total. The summed E-state index contributed by atoms with van der Waals surface area (Å²) in [5, 5.41) is 0. The number of hydrogen-bond acceptors (Lipinski definition) is 2. The van der Waals surface area contributed by atoms with Crippen molar-refractivity contribution in [1.29, 1.82) is 0 Å². The maximum Gasteiger partial charge on any atom is 0.323 e. The van der Waals surface area contributed by atoms with Crippen molar-refractivity contribution in [2.24, 2.45) is 5.73 Å². The van der Waals surface area contributed by atoms with Crippen molar-refractivity contribution in [2.45, 2.75) is 32.2 Å². The van der Waals surface area contributed by atoms with Crippen molar-refractivity contribution in [3.05, 3.63) is 32.7 Å². The molecule has 1 unspecified atom stereocenters. The van der Waals surface area contributed by atoms with E-state index in [0.717, 1.165) is 40.3 Å². The lowest BCUT2D eigenvalue weighted by Crippen LogP contribution is -2.10. The summed E-state index contributed by atoms with van der Waals surface area (Å²) in [5.41, 5.74) is 8.61. The van der Waals surface area contributed by atoms with E-state index in [2.05, 4.69) is 32.8 Å². The van der Waals surface area contributed by atoms with Crippen LogP contribution < -0.4 is 11.4 Å². The summed E-state index contributed by atoms with van der Waals surface area (Å²) in [5.74, 6) is 0. The highest BCUT2D eigenvalue weighted by Gasteiger charge is 2.11. The first-order chi connectivity index (χ1) is 8.11. The van der Waals surface area contributed by atoms with Crippen LogP contribution in [0.5, 0.6) is 0 Å². The Morgan fingerprint density at radius 1 is 1.35 bits per heavy atom. The van der Waals surface area contributed by atoms with Gasteiger partial charge in [0, 0.05) is 10.5 Å². The molecule has 0 aliphatic carbocycles. The summed E-state index contributed by atoms with van der Waals surface area (Å²) >= 11 is 3.50. The molecule has 0 radical (unpaired) electrons. The third-order valence-corrected chi connectivity index (χ3v) is 3.59. The molecule has 0 spiro atoms. The van der Waals surface area contributed by atoms with Crippen LogP contribution >= 0.6 is 15.9 Å². The van der Waals surface area contributed by atoms with Gasteiger partial charge >= 0.3 is 5.69 Å². The van der Waals surface area contributed by atoms with Crippen LogP contribution in [0.15, 0.2) is 21.4 Å². The summed E-state index contributed by atoms with van der Waals surface area (Å²) in [6.07, 6.45) is 3.19. The summed E-state index contributed by atoms with van der Waals surface area (Å²) < 4.78 is 0.948. The Kier molecular flexibility index (Phi) is 3.69. The number of nitrogens with two attached hydrogens (primary N) is 1. The van der Waals surface area contributed by atoms with E-state index >= 15 is 0 Å². The topological polar surface area (TPSA) is 74.7 Å². The molecule has 1 heterocycles. The van der Waals surface area contributed by atoms with Gasteiger partial charge in [0.2, 0.25) is 0 Å². The van der Waals surface area contributed by atoms with Crippen LogP contribution in [0.2, 0.25) is 0 Å². The molecule has 4 nitrogen and oxygen atoms in total. The Bertz CT molecular complexity index is 573. The number of aromatic amines is 2. The first-order valence-corrected chi connectivity index (χ1v) is 6.58. The molecule has 1 atom stereocenters. The second-order valence-corrected chi connectivity index (χ2v) is 5.10. The highest BCUT2D eigenvalue weighted by atomic mass is 79.9. The first kappa shape index (κ1) is 12.4. The summed E-state index contributed by atoms with van der Waals surface area (Å²) in [6, 6.07) is 3.85. The van der Waals surface area contributed by atoms with Crippen molar-refractivity contribution in [1.82, 2.24) is 9.97 Å². The number of H-pyrrole nitrogens is 2. The normalized spacial score (nSPS) is 13.1. The number of halogens is 1. The smallest absolute Gasteiger partial charge is 0.323 e. The zero-order valence-corrected chi connectivity index (χ0v) is 11.3. The molecular weight excluding hydrogens is 282 g/mol. The molecule has 0 bridgehead atoms. The zero-order valence-electron chi connectivity index (χ0n) is 9.72. The highest BCUT2D eigenvalue weighted by Crippen LogP contribution is 2.28. The lowest BCUT2D eigenvalue weighted by atomic mass is 10.0. The summed E-state index contributed by atoms with van der Waals surface area (Å²) in [4.78, 5) is 16.7. The largest absolute Gasteiger partial charge is 0.324 e. The molecule has 2 rings (SSSR count). The second-order valence-electron chi connectivity index (χ2n) is 4.25. The van der Waals surface area contributed by atoms with E-state index in [1.807, 2.05) is 12.1 Å². The Labute approximate surface area is 108 Å². The molecule has 0 aliphatic rings. The Morgan fingerprint density at radius 2 is 2.00 bits per heavy atom. The Morgan fingerprint density at radius 3 is 2.65 bits per heavy atom. The van der Waals surface area contributed by atoms with Crippen LogP contribution in [0.25, 0.3) is 11.0 Å². The van der Waals surface area contributed by atoms with E-state index in [-0.39, 0.29) is 11.7 Å². The fraction of sp³-hybridized carbons (Fsp3) is 0.417. The molecule has 1 aromatic heterocycles. The number of nitrogens with one attached hydrogen (secondary N) is 2. The minimum Gasteiger partial charge on any atom is -0.324 e. The fourth-order valence-corrected chi connectivity index (χ4v) is 2.57. The van der Waals surface area contributed by atoms with Crippen LogP contribution in [0.1, 0.15) is 37.8 Å². The number of imidazole rings is 1. The molecule has 0 aliphatic heterocycles. The van der Waals surface area contributed by atoms with Gasteiger partial charge in [0.15, 0.2) is 0 Å². The molecule has 0 saturated carbocycles. The Balaban J connectivity index is 2.39. The average molecular weight is 298 g/mol. The molecule has 1 aromatic carbocycles. The lowest BCUT2D eigenvalue weighted by Gasteiger charge is -2.13. The maximum atomic E-state index is 11.2. The van der Waals surface area contributed by atoms with Gasteiger partial charge in [0.1, 0.15) is 0 Å². The van der Waals surface area contributed by atoms with Crippen molar-refractivity contribution < 1.29 is 0 Å². The minimum atomic E-state index is -0.189. The summed E-state index contributed by atoms with van der Waals surface area (Å²) in [7, 11) is 0. The zero-order chi connectivity index (χ0) is 12.4. The van der Waals surface area contributed by atoms with Crippen molar-refractivity contribution in [2.75, 3.05) is 0 Å². The number of aromatic nitrogens is 2. The third kappa shape index (κ3) is 2.61. The molecule has 92 valence electrons. The van der Waals surface area contributed by atoms with Crippen molar-refractivity contribution >= 4 is 27.0 Å². The number of fused-ring (bicyclic) bond motifs is 1. The van der Waals surface area contributed by atoms with Gasteiger partial charge in [-0.3, -0.25) is 0 Å². The summed E-state index contributed by atoms with van der Waals surface area (Å²) in [6.45, 7) is 2.15. The van der Waals surface area contributed by atoms with Crippen LogP contribution in [0, 0.1) is 0 Å². The predicted molar refractivity (Wildman–Crippen MR) is 73.1 cm³/mol. The van der Waals surface area contributed by atoms with Gasteiger partial charge in [-0.15, -0.1) is 0 Å². The minimum absolute atomic E-state index is 0.00660. The molecule has 5 heteroatoms. The first-order valence-electron chi connectivity index (χ1n) is 5.79. The molecule has 2 aromatic rings. The van der Waals surface area contributed by atoms with E-state index < -0.39 is 0 Å². The number of hydrogen-bond donors (Lipinski definition) is 3. The van der Waals surface area contributed by atoms with Crippen LogP contribution in [0.4, 0.5) is 0 Å². The second kappa shape index (κ2) is 5.06. The molecule has 0 amide bonds. The van der Waals surface area contributed by atoms with Gasteiger partial charge in [-0.05, 0) is 24.1 Å². The van der Waals surface area contributed by atoms with Crippen LogP contribution in [-0.2, 0) is 0 Å². The van der Waals surface area contributed by atoms with Crippen molar-refractivity contribution in [3.8, 4) is 0 Å². The van der Waals surface area contributed by atoms with Crippen LogP contribution in [-0.4, -0.2) is 9.97 Å². The quantitative estimate of drug-likeness (QED) is 0.812. The van der Waals surface area contributed by atoms with Gasteiger partial charge in [-0.25, -0.2) is 4.79 Å². The van der Waals surface area contributed by atoms with E-state index in [9.17, 15) is 4.79 Å². The monoisotopic (exact) mass is 297 g/mol. The fourth-order valence-electron chi connectivity index (χ4n) is 1.94. The van der Waals surface area contributed by atoms with Crippen LogP contribution in [0.3, 0.4) is 0 Å². The third-order valence-electron chi connectivity index (χ3n) is 2.90. The van der Waals surface area contributed by atoms with E-state index in [1.165, 1.54) is 0 Å². The Hall–Kier alpha value is -1.07. The van der Waals surface area contributed by atoms with E-state index in [4.69, 9.17) is 5.73 Å². The van der Waals surface area contributed by atoms with Crippen molar-refractivity contribution in [3.63, 3.8) is 0 Å². The molecular formula is C12H16BrN3O. The molecule has 17 heavy (non-hydrogen) atoms. The van der Waals surface area contributed by atoms with E-state index in [1.54, 1.807) is 0 Å². The standard InChI is InChI=1S/C12H16BrN3O/c1-2-3-4-9(14)7-5-10-11(6-8(7)13)16-12(17)15-10/h5-6,9H,2-4,14H2,1H3,(H2,15,16,17). The van der Waals surface area contributed by atoms with Gasteiger partial charge in [-0.1, -0.05) is 35.7 Å². The van der Waals surface area contributed by atoms with E-state index in [0.29, 0.717) is 0 Å². The average Bonchev–Trinajstić information content (AvgIpc) is 2.64. The molecule has 0 saturated heterocycles. The maximum absolute atomic E-state index is 11.2. The predicted octanol–water partition coefficient (Wildman–Crippen LogP) is 2.81. The van der Waals surface area contributed by atoms with Gasteiger partial charge in [0.05, 0.1) is 11.0 Å². The number of rotatable bonds is 4. The number of unbranched alkanes of at least 4 members (excludes halogenated alkanes) is 1. The SMILES string of the molecule is CCCCC(N)c1cc2[nH]c(=O)[nH]c2cc1Br. The number of benzene rings is 1. The van der Waals surface area contributed by atoms with Gasteiger partial charge in [0.25, 0.3) is 0 Å². The van der Waals surface area contributed by atoms with Gasteiger partial charge in [-0.2, -0.15) is 0 Å². The lowest BCUT2D eigenvalue weighted by molar-refractivity contribution is 0.602. The van der Waals surface area contributed by atoms with Gasteiger partial charge < -0.3 is 15.7 Å². The molecule has 0 fully saturated rings. The highest BCUT2D eigenvalue weighted by molar-refractivity contribution is 9.10.